The third-order valence-electron chi connectivity index (χ3n) is 5.19. The van der Waals surface area contributed by atoms with Gasteiger partial charge in [-0.25, -0.2) is 4.98 Å². The Hall–Kier alpha value is -4.23. The summed E-state index contributed by atoms with van der Waals surface area (Å²) in [5.41, 5.74) is 7.38. The zero-order valence-electron chi connectivity index (χ0n) is 18.2. The van der Waals surface area contributed by atoms with Crippen molar-refractivity contribution in [3.63, 3.8) is 0 Å². The third kappa shape index (κ3) is 5.05. The second kappa shape index (κ2) is 10.1. The summed E-state index contributed by atoms with van der Waals surface area (Å²) in [5, 5.41) is 3.73. The van der Waals surface area contributed by atoms with Crippen molar-refractivity contribution in [2.45, 2.75) is 13.0 Å². The van der Waals surface area contributed by atoms with Crippen LogP contribution < -0.4 is 16.2 Å². The smallest absolute Gasteiger partial charge is 0.270 e. The number of para-hydroxylation sites is 1. The second-order valence-electron chi connectivity index (χ2n) is 7.56. The van der Waals surface area contributed by atoms with Crippen LogP contribution in [0.3, 0.4) is 0 Å². The number of hydrazine groups is 1. The predicted molar refractivity (Wildman–Crippen MR) is 131 cm³/mol. The number of pyridine rings is 1. The molecule has 0 spiro atoms. The van der Waals surface area contributed by atoms with E-state index in [1.54, 1.807) is 60.7 Å². The van der Waals surface area contributed by atoms with Crippen LogP contribution in [0.25, 0.3) is 22.2 Å². The lowest BCUT2D eigenvalue weighted by atomic mass is 10.0. The van der Waals surface area contributed by atoms with E-state index in [4.69, 9.17) is 11.6 Å². The Bertz CT molecular complexity index is 1380. The number of hydrogen-bond donors (Lipinski definition) is 3. The van der Waals surface area contributed by atoms with Crippen LogP contribution in [0, 0.1) is 0 Å². The highest BCUT2D eigenvalue weighted by Gasteiger charge is 2.19. The number of benzene rings is 3. The lowest BCUT2D eigenvalue weighted by Gasteiger charge is -2.15. The fourth-order valence-electron chi connectivity index (χ4n) is 3.40. The van der Waals surface area contributed by atoms with Gasteiger partial charge in [0.1, 0.15) is 6.04 Å². The standard InChI is InChI=1S/C26H21ClN4O3/c1-16(28-25(33)17-9-3-2-4-10-17)24(32)30-31-26(34)20-15-23(19-12-5-7-13-21(19)27)29-22-14-8-6-11-18(20)22/h2-16H,1H3,(H,28,33)(H,30,32)(H,31,34)/t16-/m0/s1. The lowest BCUT2D eigenvalue weighted by molar-refractivity contribution is -0.123. The van der Waals surface area contributed by atoms with E-state index in [0.717, 1.165) is 0 Å². The molecule has 34 heavy (non-hydrogen) atoms. The lowest BCUT2D eigenvalue weighted by Crippen LogP contribution is -2.51. The van der Waals surface area contributed by atoms with Crippen molar-refractivity contribution < 1.29 is 14.4 Å². The first-order valence-electron chi connectivity index (χ1n) is 10.5. The minimum absolute atomic E-state index is 0.321. The number of nitrogens with zero attached hydrogens (tertiary/aromatic N) is 1. The van der Waals surface area contributed by atoms with Crippen molar-refractivity contribution in [3.05, 3.63) is 101 Å². The van der Waals surface area contributed by atoms with Crippen molar-refractivity contribution in [2.75, 3.05) is 0 Å². The van der Waals surface area contributed by atoms with Gasteiger partial charge in [0.15, 0.2) is 0 Å². The maximum atomic E-state index is 13.0. The van der Waals surface area contributed by atoms with Crippen LogP contribution in [0.5, 0.6) is 0 Å². The molecule has 3 N–H and O–H groups in total. The van der Waals surface area contributed by atoms with Gasteiger partial charge in [-0.15, -0.1) is 0 Å². The van der Waals surface area contributed by atoms with E-state index >= 15 is 0 Å². The number of halogens is 1. The molecule has 0 bridgehead atoms. The fraction of sp³-hybridized carbons (Fsp3) is 0.0769. The molecule has 0 saturated carbocycles. The predicted octanol–water partition coefficient (Wildman–Crippen LogP) is 4.13. The van der Waals surface area contributed by atoms with Crippen LogP contribution in [0.15, 0.2) is 84.9 Å². The van der Waals surface area contributed by atoms with Gasteiger partial charge in [-0.3, -0.25) is 25.2 Å². The van der Waals surface area contributed by atoms with E-state index in [1.807, 2.05) is 24.3 Å². The molecule has 0 aliphatic rings. The zero-order chi connectivity index (χ0) is 24.1. The highest BCUT2D eigenvalue weighted by Crippen LogP contribution is 2.29. The maximum Gasteiger partial charge on any atom is 0.270 e. The molecule has 0 aliphatic carbocycles. The summed E-state index contributed by atoms with van der Waals surface area (Å²) < 4.78 is 0. The normalized spacial score (nSPS) is 11.5. The first-order chi connectivity index (χ1) is 16.4. The molecule has 1 aromatic heterocycles. The molecule has 1 heterocycles. The van der Waals surface area contributed by atoms with Crippen LogP contribution in [0.4, 0.5) is 0 Å². The second-order valence-corrected chi connectivity index (χ2v) is 7.96. The summed E-state index contributed by atoms with van der Waals surface area (Å²) >= 11 is 6.33. The minimum Gasteiger partial charge on any atom is -0.340 e. The van der Waals surface area contributed by atoms with Crippen molar-refractivity contribution in [1.82, 2.24) is 21.2 Å². The summed E-state index contributed by atoms with van der Waals surface area (Å²) in [6.07, 6.45) is 0. The minimum atomic E-state index is -0.874. The quantitative estimate of drug-likeness (QED) is 0.380. The van der Waals surface area contributed by atoms with Crippen LogP contribution in [-0.2, 0) is 4.79 Å². The van der Waals surface area contributed by atoms with Crippen LogP contribution in [0.2, 0.25) is 5.02 Å². The van der Waals surface area contributed by atoms with Crippen LogP contribution in [-0.4, -0.2) is 28.7 Å². The molecular weight excluding hydrogens is 452 g/mol. The van der Waals surface area contributed by atoms with E-state index in [2.05, 4.69) is 21.2 Å². The summed E-state index contributed by atoms with van der Waals surface area (Å²) in [5.74, 6) is -1.48. The maximum absolute atomic E-state index is 13.0. The number of fused-ring (bicyclic) bond motifs is 1. The Morgan fingerprint density at radius 3 is 2.26 bits per heavy atom. The van der Waals surface area contributed by atoms with Crippen molar-refractivity contribution in [3.8, 4) is 11.3 Å². The van der Waals surface area contributed by atoms with Gasteiger partial charge in [-0.05, 0) is 37.3 Å². The highest BCUT2D eigenvalue weighted by molar-refractivity contribution is 6.33. The molecule has 0 radical (unpaired) electrons. The molecule has 0 unspecified atom stereocenters. The molecule has 170 valence electrons. The summed E-state index contributed by atoms with van der Waals surface area (Å²) in [6, 6.07) is 23.7. The summed E-state index contributed by atoms with van der Waals surface area (Å²) in [6.45, 7) is 1.53. The van der Waals surface area contributed by atoms with Gasteiger partial charge in [-0.2, -0.15) is 0 Å². The molecule has 4 aromatic rings. The summed E-state index contributed by atoms with van der Waals surface area (Å²) in [7, 11) is 0. The van der Waals surface area contributed by atoms with Crippen LogP contribution in [0.1, 0.15) is 27.6 Å². The van der Waals surface area contributed by atoms with Gasteiger partial charge in [0.2, 0.25) is 0 Å². The molecule has 0 aliphatic heterocycles. The molecule has 7 nitrogen and oxygen atoms in total. The van der Waals surface area contributed by atoms with Gasteiger partial charge in [0, 0.05) is 21.5 Å². The number of aromatic nitrogens is 1. The Labute approximate surface area is 201 Å². The number of nitrogens with one attached hydrogen (secondary N) is 3. The molecule has 8 heteroatoms. The van der Waals surface area contributed by atoms with E-state index in [-0.39, 0.29) is 5.91 Å². The molecule has 3 amide bonds. The van der Waals surface area contributed by atoms with E-state index < -0.39 is 17.9 Å². The topological polar surface area (TPSA) is 100 Å². The fourth-order valence-corrected chi connectivity index (χ4v) is 3.63. The third-order valence-corrected chi connectivity index (χ3v) is 5.52. The van der Waals surface area contributed by atoms with Gasteiger partial charge >= 0.3 is 0 Å². The zero-order valence-corrected chi connectivity index (χ0v) is 19.0. The summed E-state index contributed by atoms with van der Waals surface area (Å²) in [4.78, 5) is 42.4. The Morgan fingerprint density at radius 2 is 1.50 bits per heavy atom. The SMILES string of the molecule is C[C@H](NC(=O)c1ccccc1)C(=O)NNC(=O)c1cc(-c2ccccc2Cl)nc2ccccc12. The first-order valence-corrected chi connectivity index (χ1v) is 10.9. The highest BCUT2D eigenvalue weighted by atomic mass is 35.5. The molecule has 0 fully saturated rings. The van der Waals surface area contributed by atoms with Gasteiger partial charge in [0.25, 0.3) is 17.7 Å². The molecular formula is C26H21ClN4O3. The Balaban J connectivity index is 1.51. The van der Waals surface area contributed by atoms with Gasteiger partial charge in [-0.1, -0.05) is 66.2 Å². The van der Waals surface area contributed by atoms with E-state index in [1.165, 1.54) is 6.92 Å². The van der Waals surface area contributed by atoms with Gasteiger partial charge < -0.3 is 5.32 Å². The average Bonchev–Trinajstić information content (AvgIpc) is 2.87. The molecule has 1 atom stereocenters. The van der Waals surface area contributed by atoms with Crippen molar-refractivity contribution in [2.24, 2.45) is 0 Å². The molecule has 3 aromatic carbocycles. The van der Waals surface area contributed by atoms with E-state index in [0.29, 0.717) is 38.3 Å². The Kier molecular flexibility index (Phi) is 6.85. The monoisotopic (exact) mass is 472 g/mol. The largest absolute Gasteiger partial charge is 0.340 e. The number of carbonyl (C=O) groups excluding carboxylic acids is 3. The van der Waals surface area contributed by atoms with Gasteiger partial charge in [0.05, 0.1) is 16.8 Å². The number of rotatable bonds is 5. The number of amides is 3. The molecule has 0 saturated heterocycles. The first kappa shape index (κ1) is 22.9. The number of carbonyl (C=O) groups is 3. The van der Waals surface area contributed by atoms with E-state index in [9.17, 15) is 14.4 Å². The average molecular weight is 473 g/mol. The number of hydrogen-bond acceptors (Lipinski definition) is 4. The molecule has 4 rings (SSSR count). The van der Waals surface area contributed by atoms with Crippen molar-refractivity contribution in [1.29, 1.82) is 0 Å². The Morgan fingerprint density at radius 1 is 0.824 bits per heavy atom. The van der Waals surface area contributed by atoms with Crippen LogP contribution >= 0.6 is 11.6 Å². The van der Waals surface area contributed by atoms with Crippen molar-refractivity contribution >= 4 is 40.2 Å².